The number of fused-ring (bicyclic) bond motifs is 2. The second-order valence-corrected chi connectivity index (χ2v) is 6.47. The van der Waals surface area contributed by atoms with Crippen LogP contribution in [0.15, 0.2) is 30.3 Å². The molecule has 0 aromatic heterocycles. The lowest BCUT2D eigenvalue weighted by molar-refractivity contribution is -0.131. The summed E-state index contributed by atoms with van der Waals surface area (Å²) < 4.78 is 10.3. The smallest absolute Gasteiger partial charge is 0.308 e. The van der Waals surface area contributed by atoms with Gasteiger partial charge in [-0.3, -0.25) is 14.4 Å². The Balaban J connectivity index is 2.32. The molecule has 1 aliphatic rings. The molecular weight excluding hydrogens is 367 g/mol. The summed E-state index contributed by atoms with van der Waals surface area (Å²) in [7, 11) is 1.41. The van der Waals surface area contributed by atoms with Crippen LogP contribution < -0.4 is 9.47 Å². The third-order valence-corrected chi connectivity index (χ3v) is 4.32. The van der Waals surface area contributed by atoms with E-state index in [1.807, 2.05) is 0 Å². The number of ketones is 2. The van der Waals surface area contributed by atoms with Gasteiger partial charge in [0.25, 0.3) is 0 Å². The molecule has 0 spiro atoms. The van der Waals surface area contributed by atoms with Crippen LogP contribution in [0.4, 0.5) is 0 Å². The summed E-state index contributed by atoms with van der Waals surface area (Å²) >= 11 is 11.8. The van der Waals surface area contributed by atoms with Crippen LogP contribution in [0.2, 0.25) is 0 Å². The highest BCUT2D eigenvalue weighted by Gasteiger charge is 2.35. The summed E-state index contributed by atoms with van der Waals surface area (Å²) in [5.74, 6) is -1.25. The largest absolute Gasteiger partial charge is 0.496 e. The van der Waals surface area contributed by atoms with Crippen molar-refractivity contribution in [3.63, 3.8) is 0 Å². The number of methoxy groups -OCH3 is 1. The molecule has 2 aromatic rings. The van der Waals surface area contributed by atoms with Crippen molar-refractivity contribution in [3.8, 4) is 11.5 Å². The standard InChI is InChI=1S/C18H12Cl2O5/c1-8(21)25-13-7-9(18(19)20)6-11-15(13)16(22)10-4-3-5-12(24-2)14(10)17(11)23/h3-7,18H,1-2H3. The molecule has 3 rings (SSSR count). The molecule has 0 atom stereocenters. The Labute approximate surface area is 153 Å². The van der Waals surface area contributed by atoms with Crippen molar-refractivity contribution < 1.29 is 23.9 Å². The molecule has 128 valence electrons. The van der Waals surface area contributed by atoms with Gasteiger partial charge in [-0.1, -0.05) is 12.1 Å². The first-order chi connectivity index (χ1) is 11.8. The third kappa shape index (κ3) is 2.90. The van der Waals surface area contributed by atoms with E-state index in [-0.39, 0.29) is 33.8 Å². The van der Waals surface area contributed by atoms with E-state index >= 15 is 0 Å². The van der Waals surface area contributed by atoms with Crippen molar-refractivity contribution in [2.45, 2.75) is 11.8 Å². The number of hydrogen-bond acceptors (Lipinski definition) is 5. The van der Waals surface area contributed by atoms with E-state index in [0.29, 0.717) is 5.56 Å². The zero-order chi connectivity index (χ0) is 18.3. The SMILES string of the molecule is COc1cccc2c1C(=O)c1cc(C(Cl)Cl)cc(OC(C)=O)c1C2=O. The summed E-state index contributed by atoms with van der Waals surface area (Å²) in [4.78, 5) is 36.4. The molecule has 0 fully saturated rings. The van der Waals surface area contributed by atoms with Crippen LogP contribution >= 0.6 is 23.2 Å². The van der Waals surface area contributed by atoms with E-state index in [0.717, 1.165) is 0 Å². The number of halogens is 2. The highest BCUT2D eigenvalue weighted by atomic mass is 35.5. The van der Waals surface area contributed by atoms with Crippen molar-refractivity contribution in [2.75, 3.05) is 7.11 Å². The van der Waals surface area contributed by atoms with Gasteiger partial charge < -0.3 is 9.47 Å². The molecule has 0 aliphatic heterocycles. The zero-order valence-electron chi connectivity index (χ0n) is 13.3. The number of carbonyl (C=O) groups excluding carboxylic acids is 3. The van der Waals surface area contributed by atoms with Crippen molar-refractivity contribution in [3.05, 3.63) is 58.1 Å². The lowest BCUT2D eigenvalue weighted by Gasteiger charge is -2.22. The Hall–Kier alpha value is -2.37. The normalized spacial score (nSPS) is 12.7. The highest BCUT2D eigenvalue weighted by Crippen LogP contribution is 2.40. The monoisotopic (exact) mass is 378 g/mol. The van der Waals surface area contributed by atoms with Crippen molar-refractivity contribution in [2.24, 2.45) is 0 Å². The number of esters is 1. The van der Waals surface area contributed by atoms with E-state index in [2.05, 4.69) is 0 Å². The van der Waals surface area contributed by atoms with E-state index in [1.165, 1.54) is 32.2 Å². The first kappa shape index (κ1) is 17.5. The molecule has 0 radical (unpaired) electrons. The first-order valence-electron chi connectivity index (χ1n) is 7.26. The fourth-order valence-electron chi connectivity index (χ4n) is 2.81. The molecule has 0 saturated heterocycles. The maximum atomic E-state index is 13.0. The maximum absolute atomic E-state index is 13.0. The van der Waals surface area contributed by atoms with Gasteiger partial charge >= 0.3 is 5.97 Å². The first-order valence-corrected chi connectivity index (χ1v) is 8.13. The fraction of sp³-hybridized carbons (Fsp3) is 0.167. The molecule has 0 unspecified atom stereocenters. The molecule has 0 amide bonds. The molecule has 25 heavy (non-hydrogen) atoms. The summed E-state index contributed by atoms with van der Waals surface area (Å²) in [5, 5.41) is 0. The van der Waals surface area contributed by atoms with Crippen molar-refractivity contribution in [1.29, 1.82) is 0 Å². The van der Waals surface area contributed by atoms with Gasteiger partial charge in [-0.05, 0) is 23.8 Å². The Morgan fingerprint density at radius 2 is 1.64 bits per heavy atom. The van der Waals surface area contributed by atoms with E-state index in [1.54, 1.807) is 12.1 Å². The molecule has 0 saturated carbocycles. The number of rotatable bonds is 3. The van der Waals surface area contributed by atoms with Crippen LogP contribution in [0.1, 0.15) is 49.2 Å². The Kier molecular flexibility index (Phi) is 4.54. The van der Waals surface area contributed by atoms with E-state index in [9.17, 15) is 14.4 Å². The predicted octanol–water partition coefficient (Wildman–Crippen LogP) is 3.87. The minimum Gasteiger partial charge on any atom is -0.496 e. The Morgan fingerprint density at radius 1 is 1.00 bits per heavy atom. The molecule has 0 bridgehead atoms. The van der Waals surface area contributed by atoms with Gasteiger partial charge in [-0.15, -0.1) is 23.2 Å². The second kappa shape index (κ2) is 6.50. The number of hydrogen-bond donors (Lipinski definition) is 0. The lowest BCUT2D eigenvalue weighted by atomic mass is 9.82. The van der Waals surface area contributed by atoms with Gasteiger partial charge in [0.15, 0.2) is 11.6 Å². The molecule has 0 N–H and O–H groups in total. The van der Waals surface area contributed by atoms with Crippen LogP contribution in [0.25, 0.3) is 0 Å². The van der Waals surface area contributed by atoms with Crippen LogP contribution in [-0.2, 0) is 4.79 Å². The minimum absolute atomic E-state index is 0.0127. The average molecular weight is 379 g/mol. The van der Waals surface area contributed by atoms with Gasteiger partial charge in [0.05, 0.1) is 18.2 Å². The number of alkyl halides is 2. The average Bonchev–Trinajstić information content (AvgIpc) is 2.57. The van der Waals surface area contributed by atoms with Gasteiger partial charge in [0.2, 0.25) is 0 Å². The topological polar surface area (TPSA) is 69.7 Å². The second-order valence-electron chi connectivity index (χ2n) is 5.38. The van der Waals surface area contributed by atoms with Crippen molar-refractivity contribution >= 4 is 40.7 Å². The molecule has 2 aromatic carbocycles. The lowest BCUT2D eigenvalue weighted by Crippen LogP contribution is -2.23. The van der Waals surface area contributed by atoms with E-state index in [4.69, 9.17) is 32.7 Å². The molecule has 1 aliphatic carbocycles. The number of ether oxygens (including phenoxy) is 2. The third-order valence-electron chi connectivity index (χ3n) is 3.82. The summed E-state index contributed by atoms with van der Waals surface area (Å²) in [6, 6.07) is 7.56. The minimum atomic E-state index is -0.957. The van der Waals surface area contributed by atoms with Crippen LogP contribution in [0.3, 0.4) is 0 Å². The van der Waals surface area contributed by atoms with Crippen LogP contribution in [0.5, 0.6) is 11.5 Å². The summed E-state index contributed by atoms with van der Waals surface area (Å²) in [6.45, 7) is 1.20. The van der Waals surface area contributed by atoms with E-state index < -0.39 is 22.4 Å². The number of carbonyl (C=O) groups is 3. The zero-order valence-corrected chi connectivity index (χ0v) is 14.8. The van der Waals surface area contributed by atoms with Crippen LogP contribution in [-0.4, -0.2) is 24.6 Å². The van der Waals surface area contributed by atoms with Crippen LogP contribution in [0, 0.1) is 0 Å². The van der Waals surface area contributed by atoms with Gasteiger partial charge in [-0.2, -0.15) is 0 Å². The van der Waals surface area contributed by atoms with Gasteiger partial charge in [0, 0.05) is 18.1 Å². The molecule has 5 nitrogen and oxygen atoms in total. The summed E-state index contributed by atoms with van der Waals surface area (Å²) in [6.07, 6.45) is 0. The van der Waals surface area contributed by atoms with Crippen molar-refractivity contribution in [1.82, 2.24) is 0 Å². The van der Waals surface area contributed by atoms with Gasteiger partial charge in [-0.25, -0.2) is 0 Å². The highest BCUT2D eigenvalue weighted by molar-refractivity contribution is 6.44. The fourth-order valence-corrected chi connectivity index (χ4v) is 3.06. The number of benzene rings is 2. The maximum Gasteiger partial charge on any atom is 0.308 e. The predicted molar refractivity (Wildman–Crippen MR) is 92.1 cm³/mol. The molecular formula is C18H12Cl2O5. The Morgan fingerprint density at radius 3 is 2.24 bits per heavy atom. The molecule has 0 heterocycles. The Bertz CT molecular complexity index is 918. The quantitative estimate of drug-likeness (QED) is 0.393. The molecule has 7 heteroatoms. The van der Waals surface area contributed by atoms with Gasteiger partial charge in [0.1, 0.15) is 16.3 Å². The summed E-state index contributed by atoms with van der Waals surface area (Å²) in [5.41, 5.74) is 0.777.